The van der Waals surface area contributed by atoms with Gasteiger partial charge in [0, 0.05) is 10.6 Å². The van der Waals surface area contributed by atoms with E-state index in [1.54, 1.807) is 0 Å². The summed E-state index contributed by atoms with van der Waals surface area (Å²) in [6.07, 6.45) is 1.40. The van der Waals surface area contributed by atoms with E-state index in [-0.39, 0.29) is 11.9 Å². The molecule has 1 heterocycles. The molecule has 0 aromatic heterocycles. The fourth-order valence-corrected chi connectivity index (χ4v) is 3.67. The largest absolute Gasteiger partial charge is 0.325 e. The van der Waals surface area contributed by atoms with Crippen LogP contribution in [-0.2, 0) is 10.3 Å². The van der Waals surface area contributed by atoms with E-state index in [9.17, 15) is 9.59 Å². The van der Waals surface area contributed by atoms with Gasteiger partial charge < -0.3 is 5.32 Å². The topological polar surface area (TPSA) is 49.4 Å². The molecule has 0 radical (unpaired) electrons. The van der Waals surface area contributed by atoms with Gasteiger partial charge in [-0.15, -0.1) is 18.5 Å². The fourth-order valence-electron chi connectivity index (χ4n) is 2.50. The molecule has 1 aliphatic heterocycles. The maximum absolute atomic E-state index is 12.6. The maximum Gasteiger partial charge on any atom is 0.325 e. The molecule has 0 aliphatic carbocycles. The first-order valence-electron chi connectivity index (χ1n) is 6.28. The third kappa shape index (κ3) is 2.49. The Morgan fingerprint density at radius 3 is 2.25 bits per heavy atom. The zero-order chi connectivity index (χ0) is 15.1. The van der Waals surface area contributed by atoms with Gasteiger partial charge in [-0.05, 0) is 57.3 Å². The molecule has 1 N–H and O–H groups in total. The third-order valence-electron chi connectivity index (χ3n) is 3.54. The summed E-state index contributed by atoms with van der Waals surface area (Å²) in [4.78, 5) is 25.6. The lowest BCUT2D eigenvalue weighted by Crippen LogP contribution is -2.44. The molecule has 1 fully saturated rings. The van der Waals surface area contributed by atoms with Gasteiger partial charge >= 0.3 is 6.03 Å². The van der Waals surface area contributed by atoms with Crippen molar-refractivity contribution in [2.45, 2.75) is 25.3 Å². The number of halogens is 1. The van der Waals surface area contributed by atoms with Crippen molar-refractivity contribution >= 4 is 63.6 Å². The first-order valence-corrected chi connectivity index (χ1v) is 8.52. The molecular weight excluding hydrogens is 405 g/mol. The molecule has 0 bridgehead atoms. The van der Waals surface area contributed by atoms with Crippen molar-refractivity contribution < 1.29 is 9.59 Å². The Morgan fingerprint density at radius 1 is 1.30 bits per heavy atom. The van der Waals surface area contributed by atoms with Gasteiger partial charge in [0.25, 0.3) is 5.91 Å². The van der Waals surface area contributed by atoms with Crippen molar-refractivity contribution in [3.8, 4) is 0 Å². The minimum Gasteiger partial charge on any atom is -0.319 e. The second-order valence-corrected chi connectivity index (χ2v) is 7.24. The molecule has 1 saturated heterocycles. The summed E-state index contributed by atoms with van der Waals surface area (Å²) in [7, 11) is 6.88. The molecule has 2 rings (SSSR count). The van der Waals surface area contributed by atoms with Gasteiger partial charge in [-0.3, -0.25) is 9.69 Å². The predicted molar refractivity (Wildman–Crippen MR) is 95.7 cm³/mol. The van der Waals surface area contributed by atoms with Crippen LogP contribution in [0.15, 0.2) is 12.1 Å². The minimum absolute atomic E-state index is 0.181. The summed E-state index contributed by atoms with van der Waals surface area (Å²) < 4.78 is 1.12. The molecule has 1 aliphatic rings. The van der Waals surface area contributed by atoms with E-state index in [2.05, 4.69) is 46.4 Å². The molecule has 0 spiro atoms. The highest BCUT2D eigenvalue weighted by Crippen LogP contribution is 2.33. The monoisotopic (exact) mass is 422 g/mol. The normalized spacial score (nSPS) is 22.4. The Morgan fingerprint density at radius 2 is 1.85 bits per heavy atom. The average Bonchev–Trinajstić information content (AvgIpc) is 2.61. The van der Waals surface area contributed by atoms with Crippen LogP contribution in [0.4, 0.5) is 4.79 Å². The van der Waals surface area contributed by atoms with Gasteiger partial charge in [0.15, 0.2) is 0 Å². The highest BCUT2D eigenvalue weighted by molar-refractivity contribution is 14.1. The Labute approximate surface area is 137 Å². The lowest BCUT2D eigenvalue weighted by Gasteiger charge is -2.27. The number of rotatable bonds is 3. The summed E-state index contributed by atoms with van der Waals surface area (Å²) in [6, 6.07) is 3.60. The van der Waals surface area contributed by atoms with Crippen molar-refractivity contribution in [3.63, 3.8) is 0 Å². The fraction of sp³-hybridized carbons (Fsp3) is 0.385. The van der Waals surface area contributed by atoms with E-state index in [1.165, 1.54) is 11.9 Å². The average molecular weight is 422 g/mol. The highest BCUT2D eigenvalue weighted by Gasteiger charge is 2.50. The zero-order valence-electron chi connectivity index (χ0n) is 11.4. The van der Waals surface area contributed by atoms with E-state index in [1.807, 2.05) is 19.1 Å². The number of amides is 3. The number of hydrogen-bond donors (Lipinski definition) is 1. The summed E-state index contributed by atoms with van der Waals surface area (Å²) in [5, 5.41) is 4.93. The van der Waals surface area contributed by atoms with Gasteiger partial charge in [-0.25, -0.2) is 4.79 Å². The van der Waals surface area contributed by atoms with Crippen LogP contribution >= 0.6 is 41.1 Å². The molecule has 3 amide bonds. The molecule has 2 unspecified atom stereocenters. The number of nitrogens with one attached hydrogen (secondary N) is 1. The number of likely N-dealkylation sites (N-methyl/N-ethyl adjacent to an activating group) is 1. The molecule has 20 heavy (non-hydrogen) atoms. The molecule has 108 valence electrons. The van der Waals surface area contributed by atoms with E-state index in [0.29, 0.717) is 6.42 Å². The molecule has 1 aromatic carbocycles. The number of hydrogen-bond acceptors (Lipinski definition) is 2. The molecule has 3 atom stereocenters. The van der Waals surface area contributed by atoms with Crippen LogP contribution in [0.25, 0.3) is 0 Å². The quantitative estimate of drug-likeness (QED) is 0.456. The van der Waals surface area contributed by atoms with Gasteiger partial charge in [0.1, 0.15) is 5.54 Å². The first kappa shape index (κ1) is 16.1. The molecular formula is C13H17IN2O2P2. The molecule has 1 aromatic rings. The second-order valence-electron chi connectivity index (χ2n) is 4.92. The summed E-state index contributed by atoms with van der Waals surface area (Å²) in [5.74, 6) is -0.181. The third-order valence-corrected chi connectivity index (χ3v) is 6.87. The number of urea groups is 1. The van der Waals surface area contributed by atoms with E-state index in [0.717, 1.165) is 26.2 Å². The number of imide groups is 1. The van der Waals surface area contributed by atoms with Gasteiger partial charge in [-0.1, -0.05) is 13.3 Å². The Hall–Kier alpha value is -0.250. The number of benzene rings is 1. The van der Waals surface area contributed by atoms with Crippen LogP contribution in [0.3, 0.4) is 0 Å². The lowest BCUT2D eigenvalue weighted by atomic mass is 9.85. The van der Waals surface area contributed by atoms with Crippen LogP contribution < -0.4 is 15.9 Å². The van der Waals surface area contributed by atoms with E-state index in [4.69, 9.17) is 0 Å². The first-order chi connectivity index (χ1) is 9.33. The Balaban J connectivity index is 2.60. The van der Waals surface area contributed by atoms with Gasteiger partial charge in [0.2, 0.25) is 0 Å². The standard InChI is InChI=1S/C13H17IN2O2P2/c1-3-4-13(11(17)16(2)12(18)15-13)7-5-8(19)10(14)9(20)6-7/h5-6H,3-4,19-20H2,1-2H3,(H,15,18)/t13-/m0/s1. The number of nitrogens with zero attached hydrogens (tertiary/aromatic N) is 1. The predicted octanol–water partition coefficient (Wildman–Crippen LogP) is 1.47. The molecule has 7 heteroatoms. The summed E-state index contributed by atoms with van der Waals surface area (Å²) >= 11 is 2.26. The SMILES string of the molecule is CCC[C@@]1(c2cc(P)c(I)c(P)c2)NC(=O)N(C)C1=O. The van der Waals surface area contributed by atoms with Crippen molar-refractivity contribution in [3.05, 3.63) is 21.3 Å². The molecule has 0 saturated carbocycles. The Kier molecular flexibility index (Phi) is 4.73. The second kappa shape index (κ2) is 5.86. The van der Waals surface area contributed by atoms with Crippen molar-refractivity contribution in [1.82, 2.24) is 10.2 Å². The molecule has 4 nitrogen and oxygen atoms in total. The number of carbonyl (C=O) groups excluding carboxylic acids is 2. The van der Waals surface area contributed by atoms with Crippen molar-refractivity contribution in [2.24, 2.45) is 0 Å². The summed E-state index contributed by atoms with van der Waals surface area (Å²) in [5.41, 5.74) is -0.0841. The Bertz CT molecular complexity index is 571. The van der Waals surface area contributed by atoms with Crippen LogP contribution in [0.2, 0.25) is 0 Å². The van der Waals surface area contributed by atoms with Crippen molar-refractivity contribution in [1.29, 1.82) is 0 Å². The van der Waals surface area contributed by atoms with Crippen LogP contribution in [0.1, 0.15) is 25.3 Å². The highest BCUT2D eigenvalue weighted by atomic mass is 127. The maximum atomic E-state index is 12.6. The number of carbonyl (C=O) groups is 2. The van der Waals surface area contributed by atoms with Crippen LogP contribution in [0.5, 0.6) is 0 Å². The smallest absolute Gasteiger partial charge is 0.319 e. The minimum atomic E-state index is -0.929. The zero-order valence-corrected chi connectivity index (χ0v) is 15.8. The van der Waals surface area contributed by atoms with Gasteiger partial charge in [-0.2, -0.15) is 0 Å². The van der Waals surface area contributed by atoms with Crippen LogP contribution in [0, 0.1) is 3.57 Å². The van der Waals surface area contributed by atoms with Crippen molar-refractivity contribution in [2.75, 3.05) is 7.05 Å². The summed E-state index contributed by atoms with van der Waals surface area (Å²) in [6.45, 7) is 2.01. The lowest BCUT2D eigenvalue weighted by molar-refractivity contribution is -0.131. The van der Waals surface area contributed by atoms with E-state index >= 15 is 0 Å². The van der Waals surface area contributed by atoms with Crippen LogP contribution in [-0.4, -0.2) is 23.9 Å². The van der Waals surface area contributed by atoms with Gasteiger partial charge in [0.05, 0.1) is 0 Å². The van der Waals surface area contributed by atoms with E-state index < -0.39 is 5.54 Å².